The molecule has 2 aliphatic rings. The first-order valence-electron chi connectivity index (χ1n) is 19.9. The fraction of sp³-hybridized carbons (Fsp3) is 0.548. The summed E-state index contributed by atoms with van der Waals surface area (Å²) >= 11 is 0. The second-order valence-corrected chi connectivity index (χ2v) is 13.9. The minimum absolute atomic E-state index is 0.0670. The Bertz CT molecular complexity index is 1540. The van der Waals surface area contributed by atoms with Gasteiger partial charge in [-0.1, -0.05) is 94.3 Å². The van der Waals surface area contributed by atoms with Crippen LogP contribution in [0.4, 0.5) is 0 Å². The zero-order chi connectivity index (χ0) is 41.8. The van der Waals surface area contributed by atoms with E-state index in [1.807, 2.05) is 6.92 Å². The number of amides is 4. The Morgan fingerprint density at radius 2 is 1.56 bits per heavy atom. The SMILES string of the molecule is C1CCCCC1.CCCC(NC(=O)C1CCCN1C(=O)CNC(=O)Cc1cccc(OCCCCO)c1)C(=O)C=O.CNCC(=O)NC(C(=O)O)c1ccccc1. The van der Waals surface area contributed by atoms with Crippen molar-refractivity contribution in [1.82, 2.24) is 26.2 Å². The first kappa shape index (κ1) is 48.0. The summed E-state index contributed by atoms with van der Waals surface area (Å²) in [5, 5.41) is 28.1. The third-order valence-electron chi connectivity index (χ3n) is 9.27. The molecule has 0 aromatic heterocycles. The van der Waals surface area contributed by atoms with Gasteiger partial charge in [-0.2, -0.15) is 0 Å². The van der Waals surface area contributed by atoms with Gasteiger partial charge in [-0.3, -0.25) is 28.8 Å². The van der Waals surface area contributed by atoms with Crippen molar-refractivity contribution in [3.8, 4) is 5.75 Å². The van der Waals surface area contributed by atoms with Crippen molar-refractivity contribution in [3.05, 3.63) is 65.7 Å². The lowest BCUT2D eigenvalue weighted by molar-refractivity contribution is -0.141. The Hall–Kier alpha value is -5.15. The number of hydrogen-bond acceptors (Lipinski definition) is 10. The Morgan fingerprint density at radius 1 is 0.877 bits per heavy atom. The number of ketones is 1. The van der Waals surface area contributed by atoms with E-state index in [4.69, 9.17) is 14.9 Å². The van der Waals surface area contributed by atoms with Crippen molar-refractivity contribution in [3.63, 3.8) is 0 Å². The summed E-state index contributed by atoms with van der Waals surface area (Å²) in [5.74, 6) is -2.67. The van der Waals surface area contributed by atoms with Gasteiger partial charge in [0.05, 0.1) is 32.2 Å². The highest BCUT2D eigenvalue weighted by Crippen LogP contribution is 2.19. The number of Topliss-reactive ketones (excluding diaryl/α,β-unsaturated/α-hetero) is 1. The smallest absolute Gasteiger partial charge is 0.330 e. The first-order valence-corrected chi connectivity index (χ1v) is 19.9. The van der Waals surface area contributed by atoms with E-state index in [0.717, 1.165) is 12.0 Å². The molecular formula is C42H61N5O10. The van der Waals surface area contributed by atoms with E-state index < -0.39 is 35.8 Å². The highest BCUT2D eigenvalue weighted by Gasteiger charge is 2.35. The van der Waals surface area contributed by atoms with Crippen molar-refractivity contribution >= 4 is 41.7 Å². The number of rotatable bonds is 20. The van der Waals surface area contributed by atoms with Gasteiger partial charge in [-0.15, -0.1) is 0 Å². The topological polar surface area (TPSA) is 221 Å². The number of likely N-dealkylation sites (N-methyl/N-ethyl adjacent to an activating group) is 1. The highest BCUT2D eigenvalue weighted by atomic mass is 16.5. The van der Waals surface area contributed by atoms with E-state index >= 15 is 0 Å². The van der Waals surface area contributed by atoms with E-state index in [1.165, 1.54) is 43.4 Å². The van der Waals surface area contributed by atoms with Crippen LogP contribution in [0, 0.1) is 0 Å². The summed E-state index contributed by atoms with van der Waals surface area (Å²) in [6.45, 7) is 2.65. The van der Waals surface area contributed by atoms with E-state index in [2.05, 4.69) is 21.3 Å². The Kier molecular flexibility index (Phi) is 23.8. The second kappa shape index (κ2) is 28.3. The summed E-state index contributed by atoms with van der Waals surface area (Å²) in [6.07, 6.45) is 12.7. The molecule has 0 bridgehead atoms. The number of carboxylic acid groups (broad SMARTS) is 1. The fourth-order valence-corrected chi connectivity index (χ4v) is 6.30. The van der Waals surface area contributed by atoms with Gasteiger partial charge in [0.1, 0.15) is 11.8 Å². The molecule has 2 aromatic rings. The number of hydrogen-bond donors (Lipinski definition) is 6. The third-order valence-corrected chi connectivity index (χ3v) is 9.27. The van der Waals surface area contributed by atoms with E-state index in [9.17, 15) is 33.6 Å². The molecule has 1 aliphatic heterocycles. The number of benzene rings is 2. The number of aldehydes is 1. The summed E-state index contributed by atoms with van der Waals surface area (Å²) in [6, 6.07) is 13.1. The number of aliphatic carboxylic acids is 1. The zero-order valence-electron chi connectivity index (χ0n) is 33.3. The van der Waals surface area contributed by atoms with E-state index in [1.54, 1.807) is 61.6 Å². The Morgan fingerprint density at radius 3 is 2.16 bits per heavy atom. The van der Waals surface area contributed by atoms with Gasteiger partial charge in [0.2, 0.25) is 29.4 Å². The lowest BCUT2D eigenvalue weighted by atomic mass is 10.0. The van der Waals surface area contributed by atoms with Gasteiger partial charge in [0.25, 0.3) is 0 Å². The number of unbranched alkanes of at least 4 members (excludes halogenated alkanes) is 1. The lowest BCUT2D eigenvalue weighted by Crippen LogP contribution is -2.52. The van der Waals surface area contributed by atoms with Crippen molar-refractivity contribution in [1.29, 1.82) is 0 Å². The summed E-state index contributed by atoms with van der Waals surface area (Å²) < 4.78 is 5.61. The molecule has 0 spiro atoms. The van der Waals surface area contributed by atoms with Crippen molar-refractivity contribution in [2.24, 2.45) is 0 Å². The summed E-state index contributed by atoms with van der Waals surface area (Å²) in [7, 11) is 1.62. The molecule has 4 amide bonds. The number of nitrogens with zero attached hydrogens (tertiary/aromatic N) is 1. The number of aliphatic hydroxyl groups is 1. The van der Waals surface area contributed by atoms with Crippen LogP contribution in [0.2, 0.25) is 0 Å². The molecule has 314 valence electrons. The van der Waals surface area contributed by atoms with Gasteiger partial charge >= 0.3 is 5.97 Å². The molecule has 57 heavy (non-hydrogen) atoms. The maximum atomic E-state index is 12.7. The van der Waals surface area contributed by atoms with Gasteiger partial charge in [0, 0.05) is 13.2 Å². The van der Waals surface area contributed by atoms with Crippen LogP contribution < -0.4 is 26.0 Å². The average Bonchev–Trinajstić information content (AvgIpc) is 3.73. The van der Waals surface area contributed by atoms with Crippen LogP contribution in [0.5, 0.6) is 5.75 Å². The number of likely N-dealkylation sites (tertiary alicyclic amines) is 1. The average molecular weight is 796 g/mol. The quantitative estimate of drug-likeness (QED) is 0.0650. The van der Waals surface area contributed by atoms with Crippen molar-refractivity contribution in [2.45, 2.75) is 109 Å². The predicted molar refractivity (Wildman–Crippen MR) is 214 cm³/mol. The molecule has 15 nitrogen and oxygen atoms in total. The molecule has 2 aromatic carbocycles. The maximum absolute atomic E-state index is 12.7. The molecule has 6 N–H and O–H groups in total. The molecule has 1 aliphatic carbocycles. The largest absolute Gasteiger partial charge is 0.494 e. The fourth-order valence-electron chi connectivity index (χ4n) is 6.30. The number of nitrogens with one attached hydrogen (secondary N) is 4. The van der Waals surface area contributed by atoms with Crippen molar-refractivity contribution < 1.29 is 48.5 Å². The van der Waals surface area contributed by atoms with Gasteiger partial charge < -0.3 is 41.1 Å². The molecule has 15 heteroatoms. The molecule has 3 atom stereocenters. The number of carboxylic acids is 1. The van der Waals surface area contributed by atoms with Crippen LogP contribution in [0.1, 0.15) is 101 Å². The standard InChI is InChI=1S/C25H35N3O7.C11H14N2O3.C6H12/c1-2-7-20(22(31)17-30)27-25(34)21-10-6-11-28(21)24(33)16-26-23(32)15-18-8-5-9-19(14-18)35-13-4-3-12-29;1-12-7-9(14)13-10(11(15)16)8-5-3-2-4-6-8;1-2-4-6-5-3-1/h5,8-9,14,17,20-21,29H,2-4,6-7,10-13,15-16H2,1H3,(H,26,32)(H,27,34);2-6,10,12H,7H2,1H3,(H,13,14)(H,15,16);1-6H2. The van der Waals surface area contributed by atoms with Crippen LogP contribution in [0.25, 0.3) is 0 Å². The van der Waals surface area contributed by atoms with Crippen LogP contribution >= 0.6 is 0 Å². The van der Waals surface area contributed by atoms with Crippen LogP contribution in [-0.4, -0.2) is 109 Å². The summed E-state index contributed by atoms with van der Waals surface area (Å²) in [4.78, 5) is 84.1. The molecule has 0 radical (unpaired) electrons. The van der Waals surface area contributed by atoms with E-state index in [0.29, 0.717) is 56.6 Å². The number of ether oxygens (including phenoxy) is 1. The highest BCUT2D eigenvalue weighted by molar-refractivity contribution is 6.28. The number of carbonyl (C=O) groups is 7. The predicted octanol–water partition coefficient (Wildman–Crippen LogP) is 3.03. The zero-order valence-corrected chi connectivity index (χ0v) is 33.3. The van der Waals surface area contributed by atoms with Crippen LogP contribution in [0.15, 0.2) is 54.6 Å². The monoisotopic (exact) mass is 795 g/mol. The number of aliphatic hydroxyl groups excluding tert-OH is 1. The third kappa shape index (κ3) is 19.0. The Balaban J connectivity index is 0.000000415. The second-order valence-electron chi connectivity index (χ2n) is 13.9. The normalized spacial score (nSPS) is 15.6. The Labute approximate surface area is 335 Å². The van der Waals surface area contributed by atoms with Crippen molar-refractivity contribution in [2.75, 3.05) is 39.9 Å². The molecule has 1 saturated carbocycles. The summed E-state index contributed by atoms with van der Waals surface area (Å²) in [5.41, 5.74) is 1.29. The molecule has 4 rings (SSSR count). The molecule has 2 fully saturated rings. The first-order chi connectivity index (χ1) is 27.5. The minimum Gasteiger partial charge on any atom is -0.494 e. The van der Waals surface area contributed by atoms with Crippen LogP contribution in [0.3, 0.4) is 0 Å². The van der Waals surface area contributed by atoms with Crippen LogP contribution in [-0.2, 0) is 40.0 Å². The molecule has 1 saturated heterocycles. The minimum atomic E-state index is -1.07. The van der Waals surface area contributed by atoms with Gasteiger partial charge in [-0.25, -0.2) is 4.79 Å². The lowest BCUT2D eigenvalue weighted by Gasteiger charge is -2.26. The number of carbonyl (C=O) groups excluding carboxylic acids is 6. The maximum Gasteiger partial charge on any atom is 0.330 e. The molecular weight excluding hydrogens is 734 g/mol. The molecule has 3 unspecified atom stereocenters. The van der Waals surface area contributed by atoms with Gasteiger partial charge in [-0.05, 0) is 62.4 Å². The van der Waals surface area contributed by atoms with E-state index in [-0.39, 0.29) is 50.1 Å². The van der Waals surface area contributed by atoms with Gasteiger partial charge in [0.15, 0.2) is 12.3 Å². The molecule has 1 heterocycles.